The molecule has 1 aliphatic heterocycles. The summed E-state index contributed by atoms with van der Waals surface area (Å²) in [5.41, 5.74) is 0.832. The van der Waals surface area contributed by atoms with E-state index in [1.54, 1.807) is 11.3 Å². The summed E-state index contributed by atoms with van der Waals surface area (Å²) in [6.07, 6.45) is 8.63. The first-order valence-corrected chi connectivity index (χ1v) is 11.1. The van der Waals surface area contributed by atoms with Gasteiger partial charge in [-0.15, -0.1) is 10.2 Å². The molecule has 2 aromatic rings. The van der Waals surface area contributed by atoms with Crippen LogP contribution in [0.1, 0.15) is 55.5 Å². The van der Waals surface area contributed by atoms with Crippen LogP contribution in [0, 0.1) is 0 Å². The zero-order chi connectivity index (χ0) is 18.5. The minimum absolute atomic E-state index is 0.440. The van der Waals surface area contributed by atoms with Crippen LogP contribution in [0.15, 0.2) is 30.3 Å². The number of aliphatic hydroxyl groups is 1. The topological polar surface area (TPSA) is 61.3 Å². The highest BCUT2D eigenvalue weighted by Gasteiger charge is 2.32. The number of rotatable bonds is 6. The molecule has 1 saturated carbocycles. The van der Waals surface area contributed by atoms with E-state index >= 15 is 0 Å². The van der Waals surface area contributed by atoms with Gasteiger partial charge in [-0.25, -0.2) is 0 Å². The molecule has 2 heterocycles. The Morgan fingerprint density at radius 2 is 1.81 bits per heavy atom. The van der Waals surface area contributed by atoms with Gasteiger partial charge in [-0.2, -0.15) is 0 Å². The molecule has 1 aromatic heterocycles. The lowest BCUT2D eigenvalue weighted by Crippen LogP contribution is -2.48. The first-order valence-electron chi connectivity index (χ1n) is 10.3. The maximum absolute atomic E-state index is 10.8. The molecule has 4 rings (SSSR count). The second kappa shape index (κ2) is 8.67. The number of nitrogens with zero attached hydrogens (tertiary/aromatic N) is 3. The highest BCUT2D eigenvalue weighted by atomic mass is 32.1. The highest BCUT2D eigenvalue weighted by Crippen LogP contribution is 2.30. The molecule has 0 spiro atoms. The molecular formula is C21H30N4OS. The van der Waals surface area contributed by atoms with E-state index in [1.165, 1.54) is 24.8 Å². The number of β-amino-alcohol motifs (C(OH)–C–C–N with tert-alkyl or cyclic N) is 1. The Morgan fingerprint density at radius 3 is 2.56 bits per heavy atom. The van der Waals surface area contributed by atoms with Crippen LogP contribution >= 0.6 is 11.3 Å². The molecule has 1 aliphatic carbocycles. The van der Waals surface area contributed by atoms with Gasteiger partial charge in [0.25, 0.3) is 0 Å². The third-order valence-corrected chi connectivity index (χ3v) is 6.74. The van der Waals surface area contributed by atoms with Crippen molar-refractivity contribution < 1.29 is 5.11 Å². The second-order valence-corrected chi connectivity index (χ2v) is 9.21. The van der Waals surface area contributed by atoms with Gasteiger partial charge in [-0.1, -0.05) is 60.9 Å². The van der Waals surface area contributed by atoms with Crippen LogP contribution in [-0.4, -0.2) is 51.5 Å². The van der Waals surface area contributed by atoms with Crippen LogP contribution in [0.25, 0.3) is 0 Å². The largest absolute Gasteiger partial charge is 0.389 e. The van der Waals surface area contributed by atoms with E-state index in [-0.39, 0.29) is 0 Å². The van der Waals surface area contributed by atoms with Crippen molar-refractivity contribution in [1.29, 1.82) is 0 Å². The van der Waals surface area contributed by atoms with Crippen LogP contribution in [-0.2, 0) is 6.42 Å². The van der Waals surface area contributed by atoms with Crippen molar-refractivity contribution in [3.8, 4) is 0 Å². The van der Waals surface area contributed by atoms with Crippen molar-refractivity contribution in [1.82, 2.24) is 15.1 Å². The third-order valence-electron chi connectivity index (χ3n) is 5.88. The first kappa shape index (κ1) is 18.8. The predicted octanol–water partition coefficient (Wildman–Crippen LogP) is 3.70. The predicted molar refractivity (Wildman–Crippen MR) is 110 cm³/mol. The molecule has 6 heteroatoms. The second-order valence-electron chi connectivity index (χ2n) is 8.14. The van der Waals surface area contributed by atoms with Gasteiger partial charge in [0.05, 0.1) is 5.60 Å². The van der Waals surface area contributed by atoms with Gasteiger partial charge in [0.2, 0.25) is 5.13 Å². The number of anilines is 1. The molecule has 0 atom stereocenters. The van der Waals surface area contributed by atoms with Gasteiger partial charge in [0.1, 0.15) is 5.01 Å². The summed E-state index contributed by atoms with van der Waals surface area (Å²) in [7, 11) is 0. The van der Waals surface area contributed by atoms with Crippen molar-refractivity contribution in [3.63, 3.8) is 0 Å². The molecule has 2 N–H and O–H groups in total. The summed E-state index contributed by atoms with van der Waals surface area (Å²) in [5, 5.41) is 25.0. The molecule has 1 saturated heterocycles. The first-order chi connectivity index (χ1) is 13.2. The summed E-state index contributed by atoms with van der Waals surface area (Å²) in [6, 6.07) is 10.9. The molecule has 2 aliphatic rings. The molecule has 0 radical (unpaired) electrons. The lowest BCUT2D eigenvalue weighted by molar-refractivity contribution is -0.0302. The smallest absolute Gasteiger partial charge is 0.205 e. The maximum atomic E-state index is 10.8. The quantitative estimate of drug-likeness (QED) is 0.793. The number of likely N-dealkylation sites (tertiary alicyclic amines) is 1. The van der Waals surface area contributed by atoms with Gasteiger partial charge in [-0.3, -0.25) is 0 Å². The molecule has 0 bridgehead atoms. The Bertz CT molecular complexity index is 706. The molecule has 27 heavy (non-hydrogen) atoms. The van der Waals surface area contributed by atoms with E-state index in [1.807, 2.05) is 6.07 Å². The molecule has 1 aromatic carbocycles. The van der Waals surface area contributed by atoms with Crippen LogP contribution in [0.4, 0.5) is 5.13 Å². The SMILES string of the molecule is OC1(CN2CCC(Nc3nnc(Cc4ccccc4)s3)CC2)CCCCC1. The Balaban J connectivity index is 1.23. The monoisotopic (exact) mass is 386 g/mol. The van der Waals surface area contributed by atoms with Gasteiger partial charge < -0.3 is 15.3 Å². The zero-order valence-electron chi connectivity index (χ0n) is 15.9. The Hall–Kier alpha value is -1.50. The van der Waals surface area contributed by atoms with Gasteiger partial charge in [-0.05, 0) is 31.2 Å². The van der Waals surface area contributed by atoms with E-state index in [4.69, 9.17) is 0 Å². The molecule has 0 amide bonds. The van der Waals surface area contributed by atoms with Crippen LogP contribution in [0.5, 0.6) is 0 Å². The lowest BCUT2D eigenvalue weighted by Gasteiger charge is -2.40. The number of aromatic nitrogens is 2. The maximum Gasteiger partial charge on any atom is 0.205 e. The molecule has 2 fully saturated rings. The molecule has 146 valence electrons. The molecular weight excluding hydrogens is 356 g/mol. The standard InChI is InChI=1S/C21H30N4OS/c26-21(11-5-2-6-12-21)16-25-13-9-18(10-14-25)22-20-24-23-19(27-20)15-17-7-3-1-4-8-17/h1,3-4,7-8,18,26H,2,5-6,9-16H2,(H,22,24). The fourth-order valence-corrected chi connectivity index (χ4v) is 5.20. The van der Waals surface area contributed by atoms with E-state index in [2.05, 4.69) is 44.7 Å². The van der Waals surface area contributed by atoms with Crippen molar-refractivity contribution in [2.24, 2.45) is 0 Å². The summed E-state index contributed by atoms with van der Waals surface area (Å²) >= 11 is 1.66. The number of hydrogen-bond acceptors (Lipinski definition) is 6. The van der Waals surface area contributed by atoms with Crippen LogP contribution < -0.4 is 5.32 Å². The van der Waals surface area contributed by atoms with Crippen LogP contribution in [0.2, 0.25) is 0 Å². The van der Waals surface area contributed by atoms with Gasteiger partial charge in [0, 0.05) is 32.1 Å². The summed E-state index contributed by atoms with van der Waals surface area (Å²) < 4.78 is 0. The van der Waals surface area contributed by atoms with Crippen molar-refractivity contribution in [2.45, 2.75) is 63.0 Å². The van der Waals surface area contributed by atoms with E-state index in [9.17, 15) is 5.11 Å². The minimum atomic E-state index is -0.440. The fraction of sp³-hybridized carbons (Fsp3) is 0.619. The van der Waals surface area contributed by atoms with Crippen LogP contribution in [0.3, 0.4) is 0 Å². The van der Waals surface area contributed by atoms with E-state index in [0.717, 1.165) is 61.9 Å². The average molecular weight is 387 g/mol. The summed E-state index contributed by atoms with van der Waals surface area (Å²) in [5.74, 6) is 0. The van der Waals surface area contributed by atoms with Crippen molar-refractivity contribution in [2.75, 3.05) is 25.0 Å². The van der Waals surface area contributed by atoms with Crippen molar-refractivity contribution >= 4 is 16.5 Å². The zero-order valence-corrected chi connectivity index (χ0v) is 16.8. The Kier molecular flexibility index (Phi) is 6.05. The molecule has 0 unspecified atom stereocenters. The van der Waals surface area contributed by atoms with Crippen molar-refractivity contribution in [3.05, 3.63) is 40.9 Å². The Morgan fingerprint density at radius 1 is 1.07 bits per heavy atom. The Labute approximate surface area is 165 Å². The van der Waals surface area contributed by atoms with E-state index in [0.29, 0.717) is 6.04 Å². The fourth-order valence-electron chi connectivity index (χ4n) is 4.35. The minimum Gasteiger partial charge on any atom is -0.389 e. The van der Waals surface area contributed by atoms with Gasteiger partial charge >= 0.3 is 0 Å². The lowest BCUT2D eigenvalue weighted by atomic mass is 9.84. The highest BCUT2D eigenvalue weighted by molar-refractivity contribution is 7.15. The third kappa shape index (κ3) is 5.27. The number of piperidine rings is 1. The summed E-state index contributed by atoms with van der Waals surface area (Å²) in [4.78, 5) is 2.45. The summed E-state index contributed by atoms with van der Waals surface area (Å²) in [6.45, 7) is 2.95. The molecule has 5 nitrogen and oxygen atoms in total. The average Bonchev–Trinajstić information content (AvgIpc) is 3.11. The normalized spacial score (nSPS) is 21.2. The van der Waals surface area contributed by atoms with E-state index < -0.39 is 5.60 Å². The number of nitrogens with one attached hydrogen (secondary N) is 1. The number of benzene rings is 1. The van der Waals surface area contributed by atoms with Gasteiger partial charge in [0.15, 0.2) is 0 Å². The number of hydrogen-bond donors (Lipinski definition) is 2.